The lowest BCUT2D eigenvalue weighted by Gasteiger charge is -2.21. The molecule has 0 fully saturated rings. The number of carbonyl (C=O) groups excluding carboxylic acids is 1. The van der Waals surface area contributed by atoms with Gasteiger partial charge in [0.25, 0.3) is 10.1 Å². The fourth-order valence-electron chi connectivity index (χ4n) is 6.36. The van der Waals surface area contributed by atoms with E-state index < -0.39 is 28.0 Å². The minimum absolute atomic E-state index is 0.281. The number of hydrogen-bond acceptors (Lipinski definition) is 4. The molecule has 0 bridgehead atoms. The van der Waals surface area contributed by atoms with E-state index in [0.29, 0.717) is 6.42 Å². The van der Waals surface area contributed by atoms with Crippen LogP contribution in [0.1, 0.15) is 213 Å². The molecule has 2 atom stereocenters. The van der Waals surface area contributed by atoms with Gasteiger partial charge in [0.05, 0.1) is 17.9 Å². The lowest BCUT2D eigenvalue weighted by Crippen LogP contribution is -2.46. The zero-order valence-corrected chi connectivity index (χ0v) is 33.6. The van der Waals surface area contributed by atoms with E-state index >= 15 is 0 Å². The van der Waals surface area contributed by atoms with Gasteiger partial charge in [-0.3, -0.25) is 9.35 Å². The topological polar surface area (TPSA) is 104 Å². The number of hydrogen-bond donors (Lipinski definition) is 3. The summed E-state index contributed by atoms with van der Waals surface area (Å²) in [6.07, 6.45) is 48.5. The van der Waals surface area contributed by atoms with E-state index in [9.17, 15) is 22.9 Å². The lowest BCUT2D eigenvalue weighted by atomic mass is 10.0. The molecule has 7 heteroatoms. The number of unbranched alkanes of at least 4 members (excludes halogenated alkanes) is 26. The molecule has 0 rings (SSSR count). The molecule has 1 amide bonds. The number of aliphatic hydroxyl groups is 1. The predicted molar refractivity (Wildman–Crippen MR) is 216 cm³/mol. The summed E-state index contributed by atoms with van der Waals surface area (Å²) in [4.78, 5) is 12.5. The molecule has 2 unspecified atom stereocenters. The van der Waals surface area contributed by atoms with Gasteiger partial charge < -0.3 is 10.4 Å². The Balaban J connectivity index is 3.83. The molecule has 0 aliphatic carbocycles. The number of rotatable bonds is 38. The highest BCUT2D eigenvalue weighted by molar-refractivity contribution is 7.85. The Labute approximate surface area is 310 Å². The lowest BCUT2D eigenvalue weighted by molar-refractivity contribution is -0.122. The molecular formula is C43H81NO5S. The summed E-state index contributed by atoms with van der Waals surface area (Å²) in [6, 6.07) is -1.06. The summed E-state index contributed by atoms with van der Waals surface area (Å²) in [5.41, 5.74) is 0. The second kappa shape index (κ2) is 37.3. The molecule has 0 saturated heterocycles. The summed E-state index contributed by atoms with van der Waals surface area (Å²) in [5, 5.41) is 13.2. The van der Waals surface area contributed by atoms with Gasteiger partial charge in [-0.15, -0.1) is 0 Å². The highest BCUT2D eigenvalue weighted by Crippen LogP contribution is 2.14. The van der Waals surface area contributed by atoms with Crippen LogP contribution in [0.15, 0.2) is 36.5 Å². The molecule has 0 aromatic rings. The molecule has 0 aromatic heterocycles. The third-order valence-electron chi connectivity index (χ3n) is 9.56. The van der Waals surface area contributed by atoms with Gasteiger partial charge in [-0.25, -0.2) is 0 Å². The number of nitrogens with one attached hydrogen (secondary N) is 1. The predicted octanol–water partition coefficient (Wildman–Crippen LogP) is 12.5. The molecule has 0 heterocycles. The van der Waals surface area contributed by atoms with Crippen molar-refractivity contribution in [2.75, 3.05) is 5.75 Å². The Bertz CT molecular complexity index is 930. The van der Waals surface area contributed by atoms with E-state index in [0.717, 1.165) is 44.9 Å². The van der Waals surface area contributed by atoms with Gasteiger partial charge in [-0.05, 0) is 51.4 Å². The first-order valence-electron chi connectivity index (χ1n) is 21.2. The number of allylic oxidation sites excluding steroid dienone is 5. The first-order chi connectivity index (χ1) is 24.3. The summed E-state index contributed by atoms with van der Waals surface area (Å²) < 4.78 is 32.4. The Morgan fingerprint density at radius 2 is 0.900 bits per heavy atom. The first kappa shape index (κ1) is 48.6. The van der Waals surface area contributed by atoms with Crippen molar-refractivity contribution >= 4 is 16.0 Å². The van der Waals surface area contributed by atoms with Crippen molar-refractivity contribution < 1.29 is 22.9 Å². The molecule has 3 N–H and O–H groups in total. The molecule has 6 nitrogen and oxygen atoms in total. The van der Waals surface area contributed by atoms with Crippen LogP contribution in [-0.2, 0) is 14.9 Å². The van der Waals surface area contributed by atoms with Crippen LogP contribution in [0.5, 0.6) is 0 Å². The molecule has 0 aliphatic rings. The molecule has 294 valence electrons. The Kier molecular flexibility index (Phi) is 36.2. The largest absolute Gasteiger partial charge is 0.387 e. The standard InChI is InChI=1S/C43H81NO5S/c1-3-5-7-9-11-13-15-17-18-19-20-21-22-23-24-25-26-27-29-31-33-35-37-39-43(46)44-41(40-50(47,48)49)42(45)38-36-34-32-30-28-16-14-12-10-8-6-4-2/h15,17,19-20,36,38,41-42,45H,3-14,16,18,21-35,37,39-40H2,1-2H3,(H,44,46)(H,47,48,49)/b17-15-,20-19-,38-36+. The van der Waals surface area contributed by atoms with Crippen molar-refractivity contribution in [2.24, 2.45) is 0 Å². The van der Waals surface area contributed by atoms with Crippen molar-refractivity contribution in [3.05, 3.63) is 36.5 Å². The van der Waals surface area contributed by atoms with Crippen molar-refractivity contribution in [3.8, 4) is 0 Å². The van der Waals surface area contributed by atoms with Crippen molar-refractivity contribution in [1.29, 1.82) is 0 Å². The van der Waals surface area contributed by atoms with Crippen molar-refractivity contribution in [1.82, 2.24) is 5.32 Å². The van der Waals surface area contributed by atoms with E-state index in [4.69, 9.17) is 0 Å². The second-order valence-corrected chi connectivity index (χ2v) is 16.1. The third kappa shape index (κ3) is 37.8. The summed E-state index contributed by atoms with van der Waals surface area (Å²) in [7, 11) is -4.34. The molecule has 0 spiro atoms. The van der Waals surface area contributed by atoms with Crippen LogP contribution >= 0.6 is 0 Å². The van der Waals surface area contributed by atoms with Crippen LogP contribution in [0.3, 0.4) is 0 Å². The van der Waals surface area contributed by atoms with E-state index in [1.54, 1.807) is 6.08 Å². The Morgan fingerprint density at radius 1 is 0.540 bits per heavy atom. The fraction of sp³-hybridized carbons (Fsp3) is 0.837. The maximum Gasteiger partial charge on any atom is 0.267 e. The second-order valence-electron chi connectivity index (χ2n) is 14.6. The zero-order chi connectivity index (χ0) is 36.8. The maximum atomic E-state index is 12.5. The average Bonchev–Trinajstić information content (AvgIpc) is 3.08. The summed E-state index contributed by atoms with van der Waals surface area (Å²) in [5.74, 6) is -0.979. The molecular weight excluding hydrogens is 643 g/mol. The Hall–Kier alpha value is -1.44. The highest BCUT2D eigenvalue weighted by atomic mass is 32.2. The van der Waals surface area contributed by atoms with Crippen LogP contribution in [0.4, 0.5) is 0 Å². The van der Waals surface area contributed by atoms with Gasteiger partial charge in [0, 0.05) is 6.42 Å². The van der Waals surface area contributed by atoms with E-state index in [2.05, 4.69) is 43.5 Å². The van der Waals surface area contributed by atoms with Crippen LogP contribution in [0.25, 0.3) is 0 Å². The smallest absolute Gasteiger partial charge is 0.267 e. The number of amides is 1. The summed E-state index contributed by atoms with van der Waals surface area (Å²) in [6.45, 7) is 4.50. The highest BCUT2D eigenvalue weighted by Gasteiger charge is 2.24. The van der Waals surface area contributed by atoms with Gasteiger partial charge in [0.2, 0.25) is 5.91 Å². The van der Waals surface area contributed by atoms with Crippen LogP contribution in [-0.4, -0.2) is 41.9 Å². The summed E-state index contributed by atoms with van der Waals surface area (Å²) >= 11 is 0. The van der Waals surface area contributed by atoms with Gasteiger partial charge >= 0.3 is 0 Å². The monoisotopic (exact) mass is 724 g/mol. The Morgan fingerprint density at radius 3 is 1.30 bits per heavy atom. The van der Waals surface area contributed by atoms with Gasteiger partial charge in [0.1, 0.15) is 0 Å². The van der Waals surface area contributed by atoms with Gasteiger partial charge in [-0.1, -0.05) is 192 Å². The van der Waals surface area contributed by atoms with E-state index in [-0.39, 0.29) is 5.91 Å². The fourth-order valence-corrected chi connectivity index (χ4v) is 7.10. The molecule has 0 saturated carbocycles. The minimum Gasteiger partial charge on any atom is -0.387 e. The quantitative estimate of drug-likeness (QED) is 0.0334. The van der Waals surface area contributed by atoms with E-state index in [1.165, 1.54) is 148 Å². The zero-order valence-electron chi connectivity index (χ0n) is 32.8. The molecule has 0 radical (unpaired) electrons. The van der Waals surface area contributed by atoms with Crippen molar-refractivity contribution in [3.63, 3.8) is 0 Å². The normalized spacial score (nSPS) is 13.6. The minimum atomic E-state index is -4.34. The SMILES string of the molecule is CCCCCCC/C=C\C/C=C\CCCCCCCCCCCCCC(=O)NC(CS(=O)(=O)O)C(O)/C=C/CCCCCCCCCCCC. The number of aliphatic hydroxyl groups excluding tert-OH is 1. The van der Waals surface area contributed by atoms with E-state index in [1.807, 2.05) is 6.08 Å². The van der Waals surface area contributed by atoms with Crippen LogP contribution in [0, 0.1) is 0 Å². The first-order valence-corrected chi connectivity index (χ1v) is 22.8. The maximum absolute atomic E-state index is 12.5. The average molecular weight is 724 g/mol. The number of carbonyl (C=O) groups is 1. The molecule has 50 heavy (non-hydrogen) atoms. The van der Waals surface area contributed by atoms with Crippen LogP contribution in [0.2, 0.25) is 0 Å². The van der Waals surface area contributed by atoms with Crippen molar-refractivity contribution in [2.45, 2.75) is 225 Å². The third-order valence-corrected chi connectivity index (χ3v) is 10.3. The molecule has 0 aliphatic heterocycles. The van der Waals surface area contributed by atoms with Gasteiger partial charge in [0.15, 0.2) is 0 Å². The molecule has 0 aromatic carbocycles. The van der Waals surface area contributed by atoms with Gasteiger partial charge in [-0.2, -0.15) is 8.42 Å². The van der Waals surface area contributed by atoms with Crippen LogP contribution < -0.4 is 5.32 Å².